The van der Waals surface area contributed by atoms with Gasteiger partial charge < -0.3 is 4.90 Å². The second kappa shape index (κ2) is 6.68. The number of benzene rings is 1. The van der Waals surface area contributed by atoms with Crippen LogP contribution in [0, 0.1) is 18.3 Å². The van der Waals surface area contributed by atoms with Crippen molar-refractivity contribution in [3.05, 3.63) is 58.3 Å². The highest BCUT2D eigenvalue weighted by molar-refractivity contribution is 7.98. The third kappa shape index (κ3) is 2.79. The molecule has 0 spiro atoms. The summed E-state index contributed by atoms with van der Waals surface area (Å²) in [5.41, 5.74) is 4.54. The molecule has 0 unspecified atom stereocenters. The van der Waals surface area contributed by atoms with Crippen molar-refractivity contribution in [2.24, 2.45) is 4.99 Å². The maximum absolute atomic E-state index is 9.48. The van der Waals surface area contributed by atoms with E-state index in [0.717, 1.165) is 22.5 Å². The van der Waals surface area contributed by atoms with Crippen LogP contribution in [-0.2, 0) is 6.54 Å². The highest BCUT2D eigenvalue weighted by atomic mass is 35.5. The van der Waals surface area contributed by atoms with Gasteiger partial charge in [-0.25, -0.2) is 9.98 Å². The molecule has 0 atom stereocenters. The van der Waals surface area contributed by atoms with Crippen LogP contribution >= 0.6 is 23.4 Å². The largest absolute Gasteiger partial charge is 0.328 e. The first-order valence-electron chi connectivity index (χ1n) is 7.29. The van der Waals surface area contributed by atoms with E-state index in [1.165, 1.54) is 11.8 Å². The Bertz CT molecular complexity index is 899. The van der Waals surface area contributed by atoms with Gasteiger partial charge in [-0.1, -0.05) is 36.4 Å². The minimum atomic E-state index is 0.498. The number of halogens is 1. The molecule has 0 bridgehead atoms. The molecule has 2 aromatic rings. The lowest BCUT2D eigenvalue weighted by atomic mass is 10.0. The molecule has 2 heterocycles. The first-order chi connectivity index (χ1) is 11.6. The molecule has 0 saturated heterocycles. The molecular formula is C18H15ClN4S. The first-order valence-corrected chi connectivity index (χ1v) is 8.89. The number of thioether (sulfide) groups is 1. The van der Waals surface area contributed by atoms with Crippen LogP contribution in [0.15, 0.2) is 40.9 Å². The molecule has 4 nitrogen and oxygen atoms in total. The highest BCUT2D eigenvalue weighted by Crippen LogP contribution is 2.39. The van der Waals surface area contributed by atoms with Crippen LogP contribution in [0.2, 0.25) is 5.02 Å². The Morgan fingerprint density at radius 2 is 2.12 bits per heavy atom. The zero-order valence-electron chi connectivity index (χ0n) is 13.4. The Balaban J connectivity index is 2.04. The van der Waals surface area contributed by atoms with Gasteiger partial charge in [0.15, 0.2) is 0 Å². The minimum Gasteiger partial charge on any atom is -0.328 e. The van der Waals surface area contributed by atoms with E-state index in [4.69, 9.17) is 11.6 Å². The van der Waals surface area contributed by atoms with Crippen LogP contribution in [0.5, 0.6) is 0 Å². The molecule has 0 radical (unpaired) electrons. The zero-order valence-corrected chi connectivity index (χ0v) is 14.9. The average molecular weight is 355 g/mol. The second-order valence-corrected chi connectivity index (χ2v) is 6.53. The van der Waals surface area contributed by atoms with E-state index in [-0.39, 0.29) is 0 Å². The molecule has 1 aromatic heterocycles. The lowest BCUT2D eigenvalue weighted by molar-refractivity contribution is 0.589. The Labute approximate surface area is 150 Å². The number of nitriles is 1. The molecule has 0 fully saturated rings. The first kappa shape index (κ1) is 16.6. The molecular weight excluding hydrogens is 340 g/mol. The second-order valence-electron chi connectivity index (χ2n) is 5.33. The summed E-state index contributed by atoms with van der Waals surface area (Å²) in [6.45, 7) is 6.67. The van der Waals surface area contributed by atoms with Gasteiger partial charge in [0.05, 0.1) is 24.3 Å². The number of aromatic nitrogens is 1. The number of nitrogens with zero attached hydrogens (tertiary/aromatic N) is 4. The van der Waals surface area contributed by atoms with Crippen molar-refractivity contribution in [2.75, 3.05) is 6.26 Å². The van der Waals surface area contributed by atoms with Crippen molar-refractivity contribution in [3.8, 4) is 6.07 Å². The maximum Gasteiger partial charge on any atom is 0.116 e. The van der Waals surface area contributed by atoms with E-state index in [2.05, 4.69) is 22.6 Å². The van der Waals surface area contributed by atoms with E-state index < -0.39 is 0 Å². The van der Waals surface area contributed by atoms with Crippen molar-refractivity contribution in [2.45, 2.75) is 18.5 Å². The Morgan fingerprint density at radius 1 is 1.38 bits per heavy atom. The van der Waals surface area contributed by atoms with Gasteiger partial charge in [0.2, 0.25) is 0 Å². The summed E-state index contributed by atoms with van der Waals surface area (Å²) in [4.78, 5) is 11.0. The van der Waals surface area contributed by atoms with Gasteiger partial charge in [0.25, 0.3) is 0 Å². The molecule has 1 aliphatic heterocycles. The Kier molecular flexibility index (Phi) is 4.61. The lowest BCUT2D eigenvalue weighted by Crippen LogP contribution is -2.23. The van der Waals surface area contributed by atoms with Crippen molar-refractivity contribution < 1.29 is 0 Å². The normalized spacial score (nSPS) is 12.9. The monoisotopic (exact) mass is 354 g/mol. The number of rotatable bonds is 3. The molecule has 1 aromatic carbocycles. The van der Waals surface area contributed by atoms with Gasteiger partial charge in [-0.2, -0.15) is 5.26 Å². The predicted molar refractivity (Wildman–Crippen MR) is 99.7 cm³/mol. The number of pyridine rings is 1. The van der Waals surface area contributed by atoms with E-state index in [1.54, 1.807) is 6.34 Å². The van der Waals surface area contributed by atoms with Gasteiger partial charge in [-0.05, 0) is 24.8 Å². The molecule has 0 saturated carbocycles. The molecule has 3 rings (SSSR count). The van der Waals surface area contributed by atoms with Crippen molar-refractivity contribution in [1.29, 1.82) is 5.26 Å². The SMILES string of the molecule is C=C1c2c(C)nc(SC)c(C#N)c2N=CN1Cc1ccccc1Cl. The van der Waals surface area contributed by atoms with Gasteiger partial charge in [0.1, 0.15) is 16.7 Å². The van der Waals surface area contributed by atoms with Gasteiger partial charge in [-0.15, -0.1) is 11.8 Å². The number of aliphatic imine (C=N–C) groups is 1. The maximum atomic E-state index is 9.48. The van der Waals surface area contributed by atoms with Crippen LogP contribution in [0.25, 0.3) is 5.70 Å². The summed E-state index contributed by atoms with van der Waals surface area (Å²) in [5.74, 6) is 0. The van der Waals surface area contributed by atoms with Crippen LogP contribution in [-0.4, -0.2) is 22.5 Å². The lowest BCUT2D eigenvalue weighted by Gasteiger charge is -2.28. The van der Waals surface area contributed by atoms with E-state index in [0.29, 0.717) is 27.8 Å². The van der Waals surface area contributed by atoms with Crippen molar-refractivity contribution >= 4 is 41.1 Å². The molecule has 1 aliphatic rings. The quantitative estimate of drug-likeness (QED) is 0.744. The number of hydrogen-bond donors (Lipinski definition) is 0. The van der Waals surface area contributed by atoms with Crippen molar-refractivity contribution in [3.63, 3.8) is 0 Å². The summed E-state index contributed by atoms with van der Waals surface area (Å²) < 4.78 is 0. The fraction of sp³-hybridized carbons (Fsp3) is 0.167. The van der Waals surface area contributed by atoms with Gasteiger partial charge in [0, 0.05) is 16.3 Å². The number of fused-ring (bicyclic) bond motifs is 1. The third-order valence-corrected chi connectivity index (χ3v) is 4.93. The fourth-order valence-corrected chi connectivity index (χ4v) is 3.44. The van der Waals surface area contributed by atoms with Crippen LogP contribution in [0.1, 0.15) is 22.4 Å². The van der Waals surface area contributed by atoms with Gasteiger partial charge >= 0.3 is 0 Å². The summed E-state index contributed by atoms with van der Waals surface area (Å²) in [7, 11) is 0. The standard InChI is InChI=1S/C18H15ClN4S/c1-11-16-12(2)23(9-13-6-4-5-7-15(13)19)10-21-17(16)14(8-20)18(22-11)24-3/h4-7,10H,2,9H2,1,3H3. The summed E-state index contributed by atoms with van der Waals surface area (Å²) in [5, 5.41) is 10.9. The fourth-order valence-electron chi connectivity index (χ4n) is 2.67. The van der Waals surface area contributed by atoms with Crippen LogP contribution in [0.3, 0.4) is 0 Å². The molecule has 0 aliphatic carbocycles. The summed E-state index contributed by atoms with van der Waals surface area (Å²) >= 11 is 7.70. The van der Waals surface area contributed by atoms with E-state index in [9.17, 15) is 5.26 Å². The average Bonchev–Trinajstić information content (AvgIpc) is 2.58. The molecule has 120 valence electrons. The number of aryl methyl sites for hydroxylation is 1. The molecule has 24 heavy (non-hydrogen) atoms. The zero-order chi connectivity index (χ0) is 17.3. The topological polar surface area (TPSA) is 52.3 Å². The van der Waals surface area contributed by atoms with E-state index >= 15 is 0 Å². The smallest absolute Gasteiger partial charge is 0.116 e. The van der Waals surface area contributed by atoms with Crippen LogP contribution in [0.4, 0.5) is 5.69 Å². The summed E-state index contributed by atoms with van der Waals surface area (Å²) in [6, 6.07) is 9.90. The Hall–Kier alpha value is -2.29. The molecule has 0 N–H and O–H groups in total. The van der Waals surface area contributed by atoms with Crippen molar-refractivity contribution in [1.82, 2.24) is 9.88 Å². The van der Waals surface area contributed by atoms with Crippen LogP contribution < -0.4 is 0 Å². The molecule has 0 amide bonds. The van der Waals surface area contributed by atoms with Gasteiger partial charge in [-0.3, -0.25) is 0 Å². The molecule has 6 heteroatoms. The highest BCUT2D eigenvalue weighted by Gasteiger charge is 2.25. The third-order valence-electron chi connectivity index (χ3n) is 3.88. The minimum absolute atomic E-state index is 0.498. The summed E-state index contributed by atoms with van der Waals surface area (Å²) in [6.07, 6.45) is 3.61. The predicted octanol–water partition coefficient (Wildman–Crippen LogP) is 4.78. The Morgan fingerprint density at radius 3 is 2.79 bits per heavy atom. The van der Waals surface area contributed by atoms with E-state index in [1.807, 2.05) is 42.3 Å². The number of hydrogen-bond acceptors (Lipinski definition) is 5.